The van der Waals surface area contributed by atoms with Crippen LogP contribution in [0.5, 0.6) is 0 Å². The SMILES string of the molecule is C=CC1=CCC(C(=O)OC(C)C=C(C)C)S1. The van der Waals surface area contributed by atoms with Crippen LogP contribution in [0, 0.1) is 0 Å². The molecule has 0 radical (unpaired) electrons. The lowest BCUT2D eigenvalue weighted by Gasteiger charge is -2.13. The van der Waals surface area contributed by atoms with Crippen molar-refractivity contribution in [3.63, 3.8) is 0 Å². The van der Waals surface area contributed by atoms with Crippen LogP contribution in [0.1, 0.15) is 27.2 Å². The zero-order valence-electron chi connectivity index (χ0n) is 10.0. The van der Waals surface area contributed by atoms with Crippen molar-refractivity contribution in [2.75, 3.05) is 0 Å². The lowest BCUT2D eigenvalue weighted by atomic mass is 10.2. The average molecular weight is 238 g/mol. The highest BCUT2D eigenvalue weighted by Crippen LogP contribution is 2.33. The van der Waals surface area contributed by atoms with E-state index in [1.165, 1.54) is 11.8 Å². The first-order valence-corrected chi connectivity index (χ1v) is 6.25. The molecule has 16 heavy (non-hydrogen) atoms. The maximum Gasteiger partial charge on any atom is 0.320 e. The van der Waals surface area contributed by atoms with Gasteiger partial charge in [0.1, 0.15) is 11.4 Å². The van der Waals surface area contributed by atoms with Gasteiger partial charge in [0.05, 0.1) is 0 Å². The minimum Gasteiger partial charge on any atom is -0.458 e. The normalized spacial score (nSPS) is 20.9. The summed E-state index contributed by atoms with van der Waals surface area (Å²) in [7, 11) is 0. The second-order valence-corrected chi connectivity index (χ2v) is 5.31. The molecule has 3 heteroatoms. The Kier molecular flexibility index (Phi) is 4.87. The monoisotopic (exact) mass is 238 g/mol. The number of ether oxygens (including phenoxy) is 1. The smallest absolute Gasteiger partial charge is 0.320 e. The first-order valence-electron chi connectivity index (χ1n) is 5.37. The Bertz CT molecular complexity index is 338. The molecule has 0 fully saturated rings. The number of allylic oxidation sites excluding steroid dienone is 3. The molecule has 0 N–H and O–H groups in total. The van der Waals surface area contributed by atoms with E-state index in [1.54, 1.807) is 6.08 Å². The lowest BCUT2D eigenvalue weighted by Crippen LogP contribution is -2.22. The summed E-state index contributed by atoms with van der Waals surface area (Å²) in [5.74, 6) is -0.136. The van der Waals surface area contributed by atoms with Crippen LogP contribution in [-0.2, 0) is 9.53 Å². The summed E-state index contributed by atoms with van der Waals surface area (Å²) >= 11 is 1.53. The van der Waals surface area contributed by atoms with E-state index >= 15 is 0 Å². The summed E-state index contributed by atoms with van der Waals surface area (Å²) in [4.78, 5) is 12.8. The molecule has 88 valence electrons. The van der Waals surface area contributed by atoms with E-state index in [1.807, 2.05) is 32.9 Å². The van der Waals surface area contributed by atoms with Crippen molar-refractivity contribution in [1.29, 1.82) is 0 Å². The highest BCUT2D eigenvalue weighted by Gasteiger charge is 2.25. The number of hydrogen-bond donors (Lipinski definition) is 0. The molecule has 1 aliphatic heterocycles. The highest BCUT2D eigenvalue weighted by atomic mass is 32.2. The Balaban J connectivity index is 2.43. The molecule has 1 rings (SSSR count). The molecule has 0 amide bonds. The number of rotatable bonds is 4. The predicted octanol–water partition coefficient (Wildman–Crippen LogP) is 3.46. The van der Waals surface area contributed by atoms with Crippen molar-refractivity contribution in [2.45, 2.75) is 38.5 Å². The third-order valence-corrected chi connectivity index (χ3v) is 3.42. The first kappa shape index (κ1) is 13.1. The van der Waals surface area contributed by atoms with Gasteiger partial charge in [0.2, 0.25) is 0 Å². The predicted molar refractivity (Wildman–Crippen MR) is 69.3 cm³/mol. The van der Waals surface area contributed by atoms with Crippen LogP contribution in [0.3, 0.4) is 0 Å². The van der Waals surface area contributed by atoms with Gasteiger partial charge in [0, 0.05) is 4.91 Å². The molecule has 0 saturated heterocycles. The van der Waals surface area contributed by atoms with E-state index in [2.05, 4.69) is 6.58 Å². The van der Waals surface area contributed by atoms with Gasteiger partial charge < -0.3 is 4.74 Å². The van der Waals surface area contributed by atoms with Gasteiger partial charge in [-0.15, -0.1) is 11.8 Å². The van der Waals surface area contributed by atoms with Gasteiger partial charge in [0.15, 0.2) is 0 Å². The maximum absolute atomic E-state index is 11.8. The first-order chi connectivity index (χ1) is 7.52. The summed E-state index contributed by atoms with van der Waals surface area (Å²) in [6, 6.07) is 0. The minimum atomic E-state index is -0.147. The van der Waals surface area contributed by atoms with Crippen molar-refractivity contribution in [2.24, 2.45) is 0 Å². The molecule has 1 heterocycles. The summed E-state index contributed by atoms with van der Waals surface area (Å²) in [5.41, 5.74) is 1.16. The fourth-order valence-corrected chi connectivity index (χ4v) is 2.48. The van der Waals surface area contributed by atoms with Crippen molar-refractivity contribution >= 4 is 17.7 Å². The van der Waals surface area contributed by atoms with E-state index in [-0.39, 0.29) is 17.3 Å². The Morgan fingerprint density at radius 1 is 1.69 bits per heavy atom. The number of thioether (sulfide) groups is 1. The molecule has 0 saturated carbocycles. The second kappa shape index (κ2) is 5.94. The molecule has 0 aromatic carbocycles. The molecule has 1 aliphatic rings. The Morgan fingerprint density at radius 3 is 2.88 bits per heavy atom. The van der Waals surface area contributed by atoms with Crippen molar-refractivity contribution < 1.29 is 9.53 Å². The molecular formula is C13H18O2S. The Hall–Kier alpha value is -0.960. The summed E-state index contributed by atoms with van der Waals surface area (Å²) in [6.45, 7) is 9.55. The van der Waals surface area contributed by atoms with Crippen LogP contribution in [-0.4, -0.2) is 17.3 Å². The lowest BCUT2D eigenvalue weighted by molar-refractivity contribution is -0.145. The molecular weight excluding hydrogens is 220 g/mol. The average Bonchev–Trinajstić information content (AvgIpc) is 2.64. The standard InChI is InChI=1S/C13H18O2S/c1-5-11-6-7-12(16-11)13(14)15-10(4)8-9(2)3/h5-6,8,10,12H,1,7H2,2-4H3. The van der Waals surface area contributed by atoms with Crippen LogP contribution < -0.4 is 0 Å². The summed E-state index contributed by atoms with van der Waals surface area (Å²) in [5, 5.41) is -0.0963. The number of carbonyl (C=O) groups is 1. The molecule has 0 aromatic heterocycles. The van der Waals surface area contributed by atoms with E-state index in [9.17, 15) is 4.79 Å². The fraction of sp³-hybridized carbons (Fsp3) is 0.462. The summed E-state index contributed by atoms with van der Waals surface area (Å²) < 4.78 is 5.33. The molecule has 2 nitrogen and oxygen atoms in total. The van der Waals surface area contributed by atoms with Crippen molar-refractivity contribution in [1.82, 2.24) is 0 Å². The van der Waals surface area contributed by atoms with E-state index in [4.69, 9.17) is 4.74 Å². The van der Waals surface area contributed by atoms with Crippen molar-refractivity contribution in [3.05, 3.63) is 35.3 Å². The molecule has 2 unspecified atom stereocenters. The van der Waals surface area contributed by atoms with Gasteiger partial charge >= 0.3 is 5.97 Å². The molecule has 0 spiro atoms. The van der Waals surface area contributed by atoms with Gasteiger partial charge in [-0.2, -0.15) is 0 Å². The molecule has 0 bridgehead atoms. The van der Waals surface area contributed by atoms with E-state index in [0.717, 1.165) is 16.9 Å². The van der Waals surface area contributed by atoms with E-state index in [0.29, 0.717) is 0 Å². The zero-order chi connectivity index (χ0) is 12.1. The van der Waals surface area contributed by atoms with Crippen LogP contribution in [0.4, 0.5) is 0 Å². The molecule has 0 aromatic rings. The van der Waals surface area contributed by atoms with Gasteiger partial charge in [-0.25, -0.2) is 0 Å². The quantitative estimate of drug-likeness (QED) is 0.554. The minimum absolute atomic E-state index is 0.0963. The van der Waals surface area contributed by atoms with Crippen LogP contribution in [0.15, 0.2) is 35.3 Å². The number of carbonyl (C=O) groups excluding carboxylic acids is 1. The number of hydrogen-bond acceptors (Lipinski definition) is 3. The zero-order valence-corrected chi connectivity index (χ0v) is 10.8. The van der Waals surface area contributed by atoms with Gasteiger partial charge in [0.25, 0.3) is 0 Å². The Labute approximate surface area is 101 Å². The Morgan fingerprint density at radius 2 is 2.38 bits per heavy atom. The topological polar surface area (TPSA) is 26.3 Å². The van der Waals surface area contributed by atoms with Crippen LogP contribution in [0.2, 0.25) is 0 Å². The second-order valence-electron chi connectivity index (χ2n) is 4.04. The van der Waals surface area contributed by atoms with Gasteiger partial charge in [-0.3, -0.25) is 4.79 Å². The van der Waals surface area contributed by atoms with Gasteiger partial charge in [-0.1, -0.05) is 24.3 Å². The van der Waals surface area contributed by atoms with Crippen LogP contribution in [0.25, 0.3) is 0 Å². The fourth-order valence-electron chi connectivity index (χ4n) is 1.52. The largest absolute Gasteiger partial charge is 0.458 e. The van der Waals surface area contributed by atoms with Crippen molar-refractivity contribution in [3.8, 4) is 0 Å². The van der Waals surface area contributed by atoms with Gasteiger partial charge in [-0.05, 0) is 33.3 Å². The van der Waals surface area contributed by atoms with E-state index < -0.39 is 0 Å². The molecule has 2 atom stereocenters. The third kappa shape index (κ3) is 3.89. The van der Waals surface area contributed by atoms with Crippen LogP contribution >= 0.6 is 11.8 Å². The third-order valence-electron chi connectivity index (χ3n) is 2.15. The summed E-state index contributed by atoms with van der Waals surface area (Å²) in [6.07, 6.45) is 6.34. The number of esters is 1. The maximum atomic E-state index is 11.8. The highest BCUT2D eigenvalue weighted by molar-refractivity contribution is 8.04. The molecule has 0 aliphatic carbocycles.